The van der Waals surface area contributed by atoms with Crippen LogP contribution in [0.2, 0.25) is 0 Å². The van der Waals surface area contributed by atoms with Gasteiger partial charge < -0.3 is 24.1 Å². The fourth-order valence-electron chi connectivity index (χ4n) is 2.23. The number of nitrogens with one attached hydrogen (secondary N) is 1. The second-order valence-electron chi connectivity index (χ2n) is 4.85. The lowest BCUT2D eigenvalue weighted by Crippen LogP contribution is -2.27. The van der Waals surface area contributed by atoms with Gasteiger partial charge in [-0.25, -0.2) is 0 Å². The maximum absolute atomic E-state index is 12.1. The standard InChI is InChI=1S/C16H16N2O5/c1-2-21-13-4-3-7-18(16(13)20)9-15(19)17-11-5-6-12-14(8-11)23-10-22-12/h3-8H,2,9-10H2,1H3,(H,17,19). The van der Waals surface area contributed by atoms with Crippen LogP contribution in [0.25, 0.3) is 0 Å². The number of ether oxygens (including phenoxy) is 3. The minimum Gasteiger partial charge on any atom is -0.488 e. The Hall–Kier alpha value is -2.96. The Bertz CT molecular complexity index is 784. The summed E-state index contributed by atoms with van der Waals surface area (Å²) in [5, 5.41) is 2.72. The van der Waals surface area contributed by atoms with Gasteiger partial charge in [-0.15, -0.1) is 0 Å². The van der Waals surface area contributed by atoms with Crippen LogP contribution < -0.4 is 25.1 Å². The fourth-order valence-corrected chi connectivity index (χ4v) is 2.23. The molecule has 1 N–H and O–H groups in total. The van der Waals surface area contributed by atoms with Crippen molar-refractivity contribution in [3.05, 3.63) is 46.9 Å². The zero-order valence-electron chi connectivity index (χ0n) is 12.6. The zero-order chi connectivity index (χ0) is 16.2. The molecular weight excluding hydrogens is 300 g/mol. The summed E-state index contributed by atoms with van der Waals surface area (Å²) < 4.78 is 17.0. The van der Waals surface area contributed by atoms with Crippen LogP contribution in [0.15, 0.2) is 41.3 Å². The number of carbonyl (C=O) groups is 1. The Labute approximate surface area is 132 Å². The van der Waals surface area contributed by atoms with Crippen molar-refractivity contribution in [2.45, 2.75) is 13.5 Å². The van der Waals surface area contributed by atoms with E-state index in [1.54, 1.807) is 43.5 Å². The summed E-state index contributed by atoms with van der Waals surface area (Å²) in [4.78, 5) is 24.2. The molecule has 0 spiro atoms. The number of rotatable bonds is 5. The van der Waals surface area contributed by atoms with Gasteiger partial charge >= 0.3 is 0 Å². The Balaban J connectivity index is 1.70. The van der Waals surface area contributed by atoms with Crippen LogP contribution in [0, 0.1) is 0 Å². The van der Waals surface area contributed by atoms with Gasteiger partial charge in [-0.05, 0) is 31.2 Å². The summed E-state index contributed by atoms with van der Waals surface area (Å²) >= 11 is 0. The first-order chi connectivity index (χ1) is 11.2. The van der Waals surface area contributed by atoms with Crippen LogP contribution in [0.4, 0.5) is 5.69 Å². The van der Waals surface area contributed by atoms with E-state index in [4.69, 9.17) is 14.2 Å². The lowest BCUT2D eigenvalue weighted by Gasteiger charge is -2.09. The van der Waals surface area contributed by atoms with Gasteiger partial charge in [-0.2, -0.15) is 0 Å². The third-order valence-corrected chi connectivity index (χ3v) is 3.26. The molecule has 0 saturated heterocycles. The van der Waals surface area contributed by atoms with Crippen LogP contribution in [-0.4, -0.2) is 23.9 Å². The Morgan fingerprint density at radius 2 is 2.13 bits per heavy atom. The molecule has 2 aromatic rings. The van der Waals surface area contributed by atoms with Gasteiger partial charge in [-0.3, -0.25) is 9.59 Å². The summed E-state index contributed by atoms with van der Waals surface area (Å²) in [5.41, 5.74) is 0.239. The summed E-state index contributed by atoms with van der Waals surface area (Å²) in [5.74, 6) is 1.13. The molecule has 7 heteroatoms. The lowest BCUT2D eigenvalue weighted by molar-refractivity contribution is -0.116. The molecule has 0 aliphatic carbocycles. The SMILES string of the molecule is CCOc1cccn(CC(=O)Nc2ccc3c(c2)OCO3)c1=O. The van der Waals surface area contributed by atoms with Crippen molar-refractivity contribution in [3.8, 4) is 17.2 Å². The monoisotopic (exact) mass is 316 g/mol. The van der Waals surface area contributed by atoms with Crippen LogP contribution in [-0.2, 0) is 11.3 Å². The molecule has 2 heterocycles. The topological polar surface area (TPSA) is 78.8 Å². The zero-order valence-corrected chi connectivity index (χ0v) is 12.6. The molecule has 1 amide bonds. The number of anilines is 1. The van der Waals surface area contributed by atoms with Gasteiger partial charge in [0.15, 0.2) is 17.2 Å². The summed E-state index contributed by atoms with van der Waals surface area (Å²) in [6.45, 7) is 2.26. The third-order valence-electron chi connectivity index (χ3n) is 3.26. The van der Waals surface area contributed by atoms with Crippen LogP contribution in [0.5, 0.6) is 17.2 Å². The highest BCUT2D eigenvalue weighted by atomic mass is 16.7. The van der Waals surface area contributed by atoms with E-state index in [1.165, 1.54) is 4.57 Å². The van der Waals surface area contributed by atoms with Crippen molar-refractivity contribution in [1.29, 1.82) is 0 Å². The van der Waals surface area contributed by atoms with Gasteiger partial charge in [0.05, 0.1) is 6.61 Å². The lowest BCUT2D eigenvalue weighted by atomic mass is 10.2. The minimum atomic E-state index is -0.338. The number of hydrogen-bond donors (Lipinski definition) is 1. The molecule has 1 aromatic heterocycles. The fraction of sp³-hybridized carbons (Fsp3) is 0.250. The van der Waals surface area contributed by atoms with Crippen LogP contribution >= 0.6 is 0 Å². The van der Waals surface area contributed by atoms with E-state index in [0.29, 0.717) is 23.8 Å². The first-order valence-electron chi connectivity index (χ1n) is 7.19. The smallest absolute Gasteiger partial charge is 0.293 e. The molecule has 1 aliphatic heterocycles. The van der Waals surface area contributed by atoms with Crippen molar-refractivity contribution < 1.29 is 19.0 Å². The highest BCUT2D eigenvalue weighted by molar-refractivity contribution is 5.91. The van der Waals surface area contributed by atoms with Crippen molar-refractivity contribution in [2.24, 2.45) is 0 Å². The van der Waals surface area contributed by atoms with Gasteiger partial charge in [0.1, 0.15) is 6.54 Å². The number of fused-ring (bicyclic) bond motifs is 1. The predicted octanol–water partition coefficient (Wildman–Crippen LogP) is 1.61. The van der Waals surface area contributed by atoms with Crippen molar-refractivity contribution in [2.75, 3.05) is 18.7 Å². The summed E-state index contributed by atoms with van der Waals surface area (Å²) in [6, 6.07) is 8.36. The average molecular weight is 316 g/mol. The molecule has 0 unspecified atom stereocenters. The van der Waals surface area contributed by atoms with Crippen molar-refractivity contribution >= 4 is 11.6 Å². The van der Waals surface area contributed by atoms with E-state index >= 15 is 0 Å². The summed E-state index contributed by atoms with van der Waals surface area (Å²) in [6.07, 6.45) is 1.55. The van der Waals surface area contributed by atoms with E-state index in [0.717, 1.165) is 0 Å². The molecule has 120 valence electrons. The van der Waals surface area contributed by atoms with Gasteiger partial charge in [0.25, 0.3) is 5.56 Å². The number of benzene rings is 1. The first-order valence-corrected chi connectivity index (χ1v) is 7.19. The Morgan fingerprint density at radius 1 is 1.30 bits per heavy atom. The normalized spacial score (nSPS) is 12.0. The van der Waals surface area contributed by atoms with Crippen molar-refractivity contribution in [1.82, 2.24) is 4.57 Å². The van der Waals surface area contributed by atoms with E-state index in [2.05, 4.69) is 5.32 Å². The highest BCUT2D eigenvalue weighted by Gasteiger charge is 2.14. The summed E-state index contributed by atoms with van der Waals surface area (Å²) in [7, 11) is 0. The number of nitrogens with zero attached hydrogens (tertiary/aromatic N) is 1. The Morgan fingerprint density at radius 3 is 2.96 bits per heavy atom. The highest BCUT2D eigenvalue weighted by Crippen LogP contribution is 2.34. The first kappa shape index (κ1) is 15.0. The van der Waals surface area contributed by atoms with Crippen LogP contribution in [0.1, 0.15) is 6.92 Å². The molecule has 3 rings (SSSR count). The molecule has 1 aliphatic rings. The average Bonchev–Trinajstić information content (AvgIpc) is 2.99. The van der Waals surface area contributed by atoms with E-state index in [-0.39, 0.29) is 30.6 Å². The number of carbonyl (C=O) groups excluding carboxylic acids is 1. The molecule has 23 heavy (non-hydrogen) atoms. The number of amides is 1. The van der Waals surface area contributed by atoms with Gasteiger partial charge in [0, 0.05) is 18.0 Å². The third kappa shape index (κ3) is 3.28. The molecular formula is C16H16N2O5. The second-order valence-corrected chi connectivity index (χ2v) is 4.85. The molecule has 0 fully saturated rings. The molecule has 0 saturated carbocycles. The van der Waals surface area contributed by atoms with E-state index < -0.39 is 0 Å². The molecule has 0 bridgehead atoms. The van der Waals surface area contributed by atoms with E-state index in [9.17, 15) is 9.59 Å². The molecule has 7 nitrogen and oxygen atoms in total. The van der Waals surface area contributed by atoms with Gasteiger partial charge in [-0.1, -0.05) is 0 Å². The Kier molecular flexibility index (Phi) is 4.18. The predicted molar refractivity (Wildman–Crippen MR) is 83.1 cm³/mol. The van der Waals surface area contributed by atoms with E-state index in [1.807, 2.05) is 0 Å². The number of pyridine rings is 1. The van der Waals surface area contributed by atoms with Crippen LogP contribution in [0.3, 0.4) is 0 Å². The quantitative estimate of drug-likeness (QED) is 0.907. The van der Waals surface area contributed by atoms with Crippen molar-refractivity contribution in [3.63, 3.8) is 0 Å². The minimum absolute atomic E-state index is 0.103. The maximum Gasteiger partial charge on any atom is 0.293 e. The number of aromatic nitrogens is 1. The largest absolute Gasteiger partial charge is 0.488 e. The molecule has 0 radical (unpaired) electrons. The maximum atomic E-state index is 12.1. The second kappa shape index (κ2) is 6.43. The molecule has 0 atom stereocenters. The number of hydrogen-bond acceptors (Lipinski definition) is 5. The molecule has 1 aromatic carbocycles. The van der Waals surface area contributed by atoms with Gasteiger partial charge in [0.2, 0.25) is 12.7 Å².